The van der Waals surface area contributed by atoms with Crippen molar-refractivity contribution in [2.75, 3.05) is 13.1 Å². The first-order valence-corrected chi connectivity index (χ1v) is 6.73. The Morgan fingerprint density at radius 2 is 2.12 bits per heavy atom. The second kappa shape index (κ2) is 5.38. The molecule has 94 valence electrons. The maximum atomic E-state index is 6.33. The fraction of sp³-hybridized carbons (Fsp3) is 0.571. The molecule has 2 nitrogen and oxygen atoms in total. The number of halogens is 1. The van der Waals surface area contributed by atoms with Crippen molar-refractivity contribution >= 4 is 11.6 Å². The third-order valence-corrected chi connectivity index (χ3v) is 4.10. The summed E-state index contributed by atoms with van der Waals surface area (Å²) in [6.07, 6.45) is 1.17. The first-order valence-electron chi connectivity index (χ1n) is 6.35. The molecule has 2 N–H and O–H groups in total. The van der Waals surface area contributed by atoms with Crippen LogP contribution in [0, 0.1) is 5.92 Å². The smallest absolute Gasteiger partial charge is 0.0453 e. The SMILES string of the molecule is CC(C)N1CCC(CN)C1c1ccccc1Cl. The summed E-state index contributed by atoms with van der Waals surface area (Å²) in [6, 6.07) is 9.07. The summed E-state index contributed by atoms with van der Waals surface area (Å²) in [5.41, 5.74) is 7.14. The highest BCUT2D eigenvalue weighted by molar-refractivity contribution is 6.31. The van der Waals surface area contributed by atoms with Gasteiger partial charge in [-0.3, -0.25) is 4.90 Å². The third kappa shape index (κ3) is 2.49. The van der Waals surface area contributed by atoms with Crippen molar-refractivity contribution in [1.29, 1.82) is 0 Å². The minimum absolute atomic E-state index is 0.383. The molecule has 2 atom stereocenters. The van der Waals surface area contributed by atoms with Crippen LogP contribution in [0.5, 0.6) is 0 Å². The Hall–Kier alpha value is -0.570. The van der Waals surface area contributed by atoms with Crippen molar-refractivity contribution in [3.63, 3.8) is 0 Å². The van der Waals surface area contributed by atoms with E-state index in [0.717, 1.165) is 18.1 Å². The molecule has 0 bridgehead atoms. The molecule has 0 saturated carbocycles. The van der Waals surface area contributed by atoms with Gasteiger partial charge in [0.15, 0.2) is 0 Å². The van der Waals surface area contributed by atoms with E-state index in [1.165, 1.54) is 12.0 Å². The van der Waals surface area contributed by atoms with E-state index in [-0.39, 0.29) is 0 Å². The van der Waals surface area contributed by atoms with Crippen LogP contribution in [-0.2, 0) is 0 Å². The normalized spacial score (nSPS) is 25.7. The van der Waals surface area contributed by atoms with Crippen molar-refractivity contribution in [1.82, 2.24) is 4.90 Å². The largest absolute Gasteiger partial charge is 0.330 e. The molecule has 1 aliphatic rings. The molecule has 2 unspecified atom stereocenters. The van der Waals surface area contributed by atoms with Gasteiger partial charge < -0.3 is 5.73 Å². The summed E-state index contributed by atoms with van der Waals surface area (Å²) in [6.45, 7) is 6.33. The van der Waals surface area contributed by atoms with Gasteiger partial charge in [-0.15, -0.1) is 0 Å². The number of rotatable bonds is 3. The second-order valence-electron chi connectivity index (χ2n) is 5.08. The van der Waals surface area contributed by atoms with Gasteiger partial charge in [0.2, 0.25) is 0 Å². The molecule has 1 saturated heterocycles. The molecule has 1 aliphatic heterocycles. The molecular formula is C14H21ClN2. The molecule has 17 heavy (non-hydrogen) atoms. The first kappa shape index (κ1) is 12.9. The summed E-state index contributed by atoms with van der Waals surface area (Å²) in [5, 5.41) is 0.864. The third-order valence-electron chi connectivity index (χ3n) is 3.75. The van der Waals surface area contributed by atoms with Gasteiger partial charge >= 0.3 is 0 Å². The average molecular weight is 253 g/mol. The lowest BCUT2D eigenvalue weighted by Crippen LogP contribution is -2.33. The zero-order valence-corrected chi connectivity index (χ0v) is 11.3. The lowest BCUT2D eigenvalue weighted by atomic mass is 9.93. The van der Waals surface area contributed by atoms with Crippen LogP contribution in [0.1, 0.15) is 31.9 Å². The fourth-order valence-corrected chi connectivity index (χ4v) is 3.10. The predicted molar refractivity (Wildman–Crippen MR) is 73.2 cm³/mol. The summed E-state index contributed by atoms with van der Waals surface area (Å²) in [7, 11) is 0. The molecule has 0 radical (unpaired) electrons. The molecule has 0 aromatic heterocycles. The van der Waals surface area contributed by atoms with Crippen LogP contribution in [0.25, 0.3) is 0 Å². The van der Waals surface area contributed by atoms with Crippen molar-refractivity contribution < 1.29 is 0 Å². The van der Waals surface area contributed by atoms with Crippen LogP contribution < -0.4 is 5.73 Å². The van der Waals surface area contributed by atoms with E-state index in [9.17, 15) is 0 Å². The van der Waals surface area contributed by atoms with Gasteiger partial charge in [0.05, 0.1) is 0 Å². The Morgan fingerprint density at radius 3 is 2.71 bits per heavy atom. The lowest BCUT2D eigenvalue weighted by molar-refractivity contribution is 0.185. The first-order chi connectivity index (χ1) is 8.15. The van der Waals surface area contributed by atoms with E-state index in [4.69, 9.17) is 17.3 Å². The second-order valence-corrected chi connectivity index (χ2v) is 5.49. The van der Waals surface area contributed by atoms with E-state index in [1.54, 1.807) is 0 Å². The molecule has 1 fully saturated rings. The number of hydrogen-bond donors (Lipinski definition) is 1. The van der Waals surface area contributed by atoms with Crippen molar-refractivity contribution in [2.24, 2.45) is 11.7 Å². The highest BCUT2D eigenvalue weighted by Gasteiger charge is 2.36. The van der Waals surface area contributed by atoms with E-state index >= 15 is 0 Å². The molecular weight excluding hydrogens is 232 g/mol. The monoisotopic (exact) mass is 252 g/mol. The Kier molecular flexibility index (Phi) is 4.08. The standard InChI is InChI=1S/C14H21ClN2/c1-10(2)17-8-7-11(9-16)14(17)12-5-3-4-6-13(12)15/h3-6,10-11,14H,7-9,16H2,1-2H3. The maximum absolute atomic E-state index is 6.33. The predicted octanol–water partition coefficient (Wildman–Crippen LogP) is 3.07. The number of likely N-dealkylation sites (tertiary alicyclic amines) is 1. The maximum Gasteiger partial charge on any atom is 0.0453 e. The van der Waals surface area contributed by atoms with Crippen LogP contribution >= 0.6 is 11.6 Å². The summed E-state index contributed by atoms with van der Waals surface area (Å²) in [5.74, 6) is 0.525. The number of nitrogens with zero attached hydrogens (tertiary/aromatic N) is 1. The molecule has 0 aliphatic carbocycles. The Balaban J connectivity index is 2.35. The molecule has 0 spiro atoms. The number of hydrogen-bond acceptors (Lipinski definition) is 2. The zero-order valence-electron chi connectivity index (χ0n) is 10.6. The van der Waals surface area contributed by atoms with E-state index in [2.05, 4.69) is 30.9 Å². The lowest BCUT2D eigenvalue weighted by Gasteiger charge is -2.31. The molecule has 1 aromatic rings. The number of benzene rings is 1. The quantitative estimate of drug-likeness (QED) is 0.896. The highest BCUT2D eigenvalue weighted by atomic mass is 35.5. The van der Waals surface area contributed by atoms with Gasteiger partial charge in [-0.1, -0.05) is 29.8 Å². The van der Waals surface area contributed by atoms with E-state index < -0.39 is 0 Å². The average Bonchev–Trinajstić information content (AvgIpc) is 2.73. The summed E-state index contributed by atoms with van der Waals surface area (Å²) in [4.78, 5) is 2.51. The zero-order chi connectivity index (χ0) is 12.4. The number of nitrogens with two attached hydrogens (primary N) is 1. The minimum atomic E-state index is 0.383. The van der Waals surface area contributed by atoms with Crippen molar-refractivity contribution in [3.05, 3.63) is 34.9 Å². The van der Waals surface area contributed by atoms with E-state index in [1.807, 2.05) is 12.1 Å². The van der Waals surface area contributed by atoms with Crippen LogP contribution in [0.2, 0.25) is 5.02 Å². The minimum Gasteiger partial charge on any atom is -0.330 e. The van der Waals surface area contributed by atoms with Gasteiger partial charge in [0.25, 0.3) is 0 Å². The summed E-state index contributed by atoms with van der Waals surface area (Å²) >= 11 is 6.33. The van der Waals surface area contributed by atoms with Gasteiger partial charge in [-0.25, -0.2) is 0 Å². The van der Waals surface area contributed by atoms with Gasteiger partial charge in [-0.2, -0.15) is 0 Å². The molecule has 1 aromatic carbocycles. The Morgan fingerprint density at radius 1 is 1.41 bits per heavy atom. The van der Waals surface area contributed by atoms with Gasteiger partial charge in [0.1, 0.15) is 0 Å². The van der Waals surface area contributed by atoms with Gasteiger partial charge in [0, 0.05) is 17.1 Å². The van der Waals surface area contributed by atoms with Crippen LogP contribution in [-0.4, -0.2) is 24.0 Å². The Bertz CT molecular complexity index is 378. The van der Waals surface area contributed by atoms with Crippen LogP contribution in [0.4, 0.5) is 0 Å². The van der Waals surface area contributed by atoms with Crippen molar-refractivity contribution in [2.45, 2.75) is 32.4 Å². The Labute approximate surface area is 109 Å². The van der Waals surface area contributed by atoms with Crippen molar-refractivity contribution in [3.8, 4) is 0 Å². The molecule has 0 amide bonds. The van der Waals surface area contributed by atoms with E-state index in [0.29, 0.717) is 18.0 Å². The molecule has 2 rings (SSSR count). The van der Waals surface area contributed by atoms with Crippen LogP contribution in [0.15, 0.2) is 24.3 Å². The molecule has 1 heterocycles. The van der Waals surface area contributed by atoms with Crippen LogP contribution in [0.3, 0.4) is 0 Å². The highest BCUT2D eigenvalue weighted by Crippen LogP contribution is 2.40. The summed E-state index contributed by atoms with van der Waals surface area (Å²) < 4.78 is 0. The fourth-order valence-electron chi connectivity index (χ4n) is 2.86. The van der Waals surface area contributed by atoms with Gasteiger partial charge in [-0.05, 0) is 50.9 Å². The topological polar surface area (TPSA) is 29.3 Å². The molecule has 3 heteroatoms.